The number of nitrogens with zero attached hydrogens (tertiary/aromatic N) is 3. The van der Waals surface area contributed by atoms with E-state index in [-0.39, 0.29) is 17.8 Å². The summed E-state index contributed by atoms with van der Waals surface area (Å²) in [4.78, 5) is 12.5. The van der Waals surface area contributed by atoms with Crippen molar-refractivity contribution in [1.29, 1.82) is 0 Å². The molecule has 1 N–H and O–H groups in total. The monoisotopic (exact) mass is 466 g/mol. The lowest BCUT2D eigenvalue weighted by molar-refractivity contribution is -0.113. The summed E-state index contributed by atoms with van der Waals surface area (Å²) in [6.07, 6.45) is -0.344. The van der Waals surface area contributed by atoms with Crippen molar-refractivity contribution in [3.8, 4) is 5.75 Å². The lowest BCUT2D eigenvalue weighted by Gasteiger charge is -2.16. The normalized spacial score (nSPS) is 12.0. The van der Waals surface area contributed by atoms with E-state index in [2.05, 4.69) is 15.5 Å². The molecule has 0 aliphatic heterocycles. The smallest absolute Gasteiger partial charge is 0.234 e. The van der Waals surface area contributed by atoms with Gasteiger partial charge in [-0.25, -0.2) is 0 Å². The third-order valence-electron chi connectivity index (χ3n) is 4.93. The van der Waals surface area contributed by atoms with Crippen molar-refractivity contribution in [2.24, 2.45) is 0 Å². The average Bonchev–Trinajstić information content (AvgIpc) is 3.22. The fourth-order valence-corrected chi connectivity index (χ4v) is 4.37. The van der Waals surface area contributed by atoms with Crippen molar-refractivity contribution in [1.82, 2.24) is 14.8 Å². The van der Waals surface area contributed by atoms with Crippen molar-refractivity contribution in [3.63, 3.8) is 0 Å². The van der Waals surface area contributed by atoms with Crippen LogP contribution in [0.15, 0.2) is 71.9 Å². The number of aromatic nitrogens is 3. The molecule has 1 heterocycles. The first-order valence-electron chi connectivity index (χ1n) is 10.3. The topological polar surface area (TPSA) is 69.0 Å². The molecule has 4 aromatic rings. The summed E-state index contributed by atoms with van der Waals surface area (Å²) < 4.78 is 7.94. The number of nitrogens with one attached hydrogen (secondary N) is 1. The number of hydrogen-bond donors (Lipinski definition) is 1. The minimum Gasteiger partial charge on any atom is -0.481 e. The molecule has 164 valence electrons. The summed E-state index contributed by atoms with van der Waals surface area (Å²) in [5.41, 5.74) is 0.772. The zero-order chi connectivity index (χ0) is 22.5. The molecule has 32 heavy (non-hydrogen) atoms. The summed E-state index contributed by atoms with van der Waals surface area (Å²) in [6, 6.07) is 21.2. The van der Waals surface area contributed by atoms with Gasteiger partial charge < -0.3 is 14.6 Å². The number of carbonyl (C=O) groups is 1. The van der Waals surface area contributed by atoms with Gasteiger partial charge in [0.25, 0.3) is 0 Å². The SMILES string of the molecule is CCn1c(SCC(=O)Nc2ccc3ccccc3c2)nnc1[C@H](C)Oc1ccccc1Cl. The molecule has 1 amide bonds. The molecule has 0 saturated heterocycles. The van der Waals surface area contributed by atoms with E-state index in [4.69, 9.17) is 16.3 Å². The Morgan fingerprint density at radius 1 is 1.09 bits per heavy atom. The Bertz CT molecular complexity index is 1240. The second-order valence-corrected chi connectivity index (χ2v) is 8.52. The predicted molar refractivity (Wildman–Crippen MR) is 129 cm³/mol. The molecule has 1 atom stereocenters. The van der Waals surface area contributed by atoms with Crippen LogP contribution in [0.1, 0.15) is 25.8 Å². The van der Waals surface area contributed by atoms with Crippen molar-refractivity contribution >= 4 is 45.7 Å². The number of benzene rings is 3. The Kier molecular flexibility index (Phi) is 6.97. The Hall–Kier alpha value is -3.03. The largest absolute Gasteiger partial charge is 0.481 e. The molecular formula is C24H23ClN4O2S. The molecule has 6 nitrogen and oxygen atoms in total. The lowest BCUT2D eigenvalue weighted by atomic mass is 10.1. The van der Waals surface area contributed by atoms with Crippen molar-refractivity contribution < 1.29 is 9.53 Å². The highest BCUT2D eigenvalue weighted by molar-refractivity contribution is 7.99. The minimum absolute atomic E-state index is 0.0992. The van der Waals surface area contributed by atoms with Crippen LogP contribution in [0, 0.1) is 0 Å². The number of carbonyl (C=O) groups excluding carboxylic acids is 1. The molecule has 0 aliphatic carbocycles. The Balaban J connectivity index is 1.40. The van der Waals surface area contributed by atoms with Crippen LogP contribution >= 0.6 is 23.4 Å². The summed E-state index contributed by atoms with van der Waals surface area (Å²) in [5, 5.41) is 15.0. The zero-order valence-electron chi connectivity index (χ0n) is 17.8. The number of rotatable bonds is 8. The second-order valence-electron chi connectivity index (χ2n) is 7.17. The summed E-state index contributed by atoms with van der Waals surface area (Å²) >= 11 is 7.55. The fourth-order valence-electron chi connectivity index (χ4n) is 3.38. The van der Waals surface area contributed by atoms with Gasteiger partial charge in [0, 0.05) is 12.2 Å². The van der Waals surface area contributed by atoms with Gasteiger partial charge in [-0.2, -0.15) is 0 Å². The van der Waals surface area contributed by atoms with Gasteiger partial charge in [-0.15, -0.1) is 10.2 Å². The van der Waals surface area contributed by atoms with E-state index in [0.717, 1.165) is 16.5 Å². The molecule has 0 unspecified atom stereocenters. The standard InChI is InChI=1S/C24H23ClN4O2S/c1-3-29-23(16(2)31-21-11-7-6-10-20(21)25)27-28-24(29)32-15-22(30)26-19-13-12-17-8-4-5-9-18(17)14-19/h4-14,16H,3,15H2,1-2H3,(H,26,30)/t16-/m0/s1. The van der Waals surface area contributed by atoms with E-state index in [0.29, 0.717) is 28.3 Å². The van der Waals surface area contributed by atoms with E-state index in [1.807, 2.05) is 79.1 Å². The highest BCUT2D eigenvalue weighted by atomic mass is 35.5. The van der Waals surface area contributed by atoms with E-state index in [9.17, 15) is 4.79 Å². The van der Waals surface area contributed by atoms with Crippen molar-refractivity contribution in [3.05, 3.63) is 77.6 Å². The van der Waals surface area contributed by atoms with Crippen LogP contribution in [-0.4, -0.2) is 26.4 Å². The van der Waals surface area contributed by atoms with Gasteiger partial charge in [0.2, 0.25) is 5.91 Å². The predicted octanol–water partition coefficient (Wildman–Crippen LogP) is 5.98. The summed E-state index contributed by atoms with van der Waals surface area (Å²) in [6.45, 7) is 4.57. The van der Waals surface area contributed by atoms with Crippen LogP contribution in [0.4, 0.5) is 5.69 Å². The summed E-state index contributed by atoms with van der Waals surface area (Å²) in [7, 11) is 0. The van der Waals surface area contributed by atoms with Crippen LogP contribution in [-0.2, 0) is 11.3 Å². The van der Waals surface area contributed by atoms with Crippen LogP contribution in [0.2, 0.25) is 5.02 Å². The first-order chi connectivity index (χ1) is 15.5. The highest BCUT2D eigenvalue weighted by Gasteiger charge is 2.20. The van der Waals surface area contributed by atoms with E-state index < -0.39 is 0 Å². The van der Waals surface area contributed by atoms with Gasteiger partial charge in [0.1, 0.15) is 5.75 Å². The van der Waals surface area contributed by atoms with Crippen LogP contribution < -0.4 is 10.1 Å². The minimum atomic E-state index is -0.344. The molecule has 0 saturated carbocycles. The quantitative estimate of drug-likeness (QED) is 0.324. The van der Waals surface area contributed by atoms with Crippen LogP contribution in [0.5, 0.6) is 5.75 Å². The average molecular weight is 467 g/mol. The fraction of sp³-hybridized carbons (Fsp3) is 0.208. The lowest BCUT2D eigenvalue weighted by Crippen LogP contribution is -2.15. The summed E-state index contributed by atoms with van der Waals surface area (Å²) in [5.74, 6) is 1.41. The van der Waals surface area contributed by atoms with Crippen molar-refractivity contribution in [2.45, 2.75) is 31.7 Å². The number of thioether (sulfide) groups is 1. The molecule has 3 aromatic carbocycles. The molecule has 8 heteroatoms. The first-order valence-corrected chi connectivity index (χ1v) is 11.7. The number of ether oxygens (including phenoxy) is 1. The van der Waals surface area contributed by atoms with Gasteiger partial charge in [0.05, 0.1) is 10.8 Å². The maximum Gasteiger partial charge on any atom is 0.234 e. The van der Waals surface area contributed by atoms with Crippen molar-refractivity contribution in [2.75, 3.05) is 11.1 Å². The highest BCUT2D eigenvalue weighted by Crippen LogP contribution is 2.29. The Morgan fingerprint density at radius 3 is 2.62 bits per heavy atom. The Labute approximate surface area is 195 Å². The Morgan fingerprint density at radius 2 is 1.84 bits per heavy atom. The molecule has 0 bridgehead atoms. The van der Waals surface area contributed by atoms with Gasteiger partial charge in [-0.05, 0) is 48.9 Å². The number of amides is 1. The first kappa shape index (κ1) is 22.2. The third-order valence-corrected chi connectivity index (χ3v) is 6.21. The molecule has 0 fully saturated rings. The number of anilines is 1. The molecule has 0 spiro atoms. The van der Waals surface area contributed by atoms with Gasteiger partial charge in [0.15, 0.2) is 17.1 Å². The van der Waals surface area contributed by atoms with Gasteiger partial charge >= 0.3 is 0 Å². The van der Waals surface area contributed by atoms with E-state index >= 15 is 0 Å². The number of fused-ring (bicyclic) bond motifs is 1. The molecular weight excluding hydrogens is 444 g/mol. The van der Waals surface area contributed by atoms with Crippen LogP contribution in [0.25, 0.3) is 10.8 Å². The third kappa shape index (κ3) is 5.06. The molecule has 0 radical (unpaired) electrons. The maximum atomic E-state index is 12.5. The zero-order valence-corrected chi connectivity index (χ0v) is 19.4. The molecule has 4 rings (SSSR count). The van der Waals surface area contributed by atoms with Gasteiger partial charge in [-0.3, -0.25) is 4.79 Å². The number of para-hydroxylation sites is 1. The van der Waals surface area contributed by atoms with Gasteiger partial charge in [-0.1, -0.05) is 65.8 Å². The molecule has 1 aromatic heterocycles. The number of halogens is 1. The van der Waals surface area contributed by atoms with E-state index in [1.54, 1.807) is 6.07 Å². The van der Waals surface area contributed by atoms with Crippen LogP contribution in [0.3, 0.4) is 0 Å². The number of hydrogen-bond acceptors (Lipinski definition) is 5. The molecule has 0 aliphatic rings. The second kappa shape index (κ2) is 10.1. The maximum absolute atomic E-state index is 12.5. The van der Waals surface area contributed by atoms with E-state index in [1.165, 1.54) is 11.8 Å².